The van der Waals surface area contributed by atoms with Crippen LogP contribution < -0.4 is 14.9 Å². The number of rotatable bonds is 9. The van der Waals surface area contributed by atoms with E-state index >= 15 is 0 Å². The van der Waals surface area contributed by atoms with Crippen molar-refractivity contribution in [3.63, 3.8) is 0 Å². The van der Waals surface area contributed by atoms with E-state index in [4.69, 9.17) is 4.74 Å². The van der Waals surface area contributed by atoms with Crippen LogP contribution in [0.5, 0.6) is 5.75 Å². The number of amides is 1. The fourth-order valence-corrected chi connectivity index (χ4v) is 3.78. The maximum absolute atomic E-state index is 12.1. The molecule has 0 unspecified atom stereocenters. The second kappa shape index (κ2) is 10.9. The van der Waals surface area contributed by atoms with Crippen LogP contribution in [0.2, 0.25) is 0 Å². The van der Waals surface area contributed by atoms with E-state index in [-0.39, 0.29) is 4.90 Å². The first kappa shape index (κ1) is 22.7. The molecule has 160 valence electrons. The van der Waals surface area contributed by atoms with Gasteiger partial charge in [0.25, 0.3) is 5.91 Å². The third-order valence-electron chi connectivity index (χ3n) is 4.10. The van der Waals surface area contributed by atoms with Gasteiger partial charge in [0.2, 0.25) is 10.0 Å². The lowest BCUT2D eigenvalue weighted by atomic mass is 10.2. The van der Waals surface area contributed by atoms with Gasteiger partial charge in [-0.2, -0.15) is 5.10 Å². The molecular weight excluding hydrogens is 482 g/mol. The average Bonchev–Trinajstić information content (AvgIpc) is 2.79. The normalized spacial score (nSPS) is 11.4. The van der Waals surface area contributed by atoms with Gasteiger partial charge in [-0.1, -0.05) is 58.4 Å². The number of hydrogen-bond donors (Lipinski definition) is 2. The highest BCUT2D eigenvalue weighted by atomic mass is 79.9. The minimum atomic E-state index is -3.76. The Labute approximate surface area is 189 Å². The van der Waals surface area contributed by atoms with Crippen LogP contribution in [0.15, 0.2) is 93.3 Å². The van der Waals surface area contributed by atoms with E-state index in [0.717, 1.165) is 10.0 Å². The number of nitrogens with one attached hydrogen (secondary N) is 2. The Kier molecular flexibility index (Phi) is 7.94. The molecule has 0 aliphatic rings. The molecule has 3 rings (SSSR count). The van der Waals surface area contributed by atoms with Gasteiger partial charge in [0.15, 0.2) is 0 Å². The van der Waals surface area contributed by atoms with Crippen molar-refractivity contribution in [2.24, 2.45) is 5.10 Å². The standard InChI is InChI=1S/C22H20BrN3O4S/c23-19-12-10-17(11-13-19)16-30-21-9-5-4-6-18(21)14-24-26-22(27)15-25-31(28,29)20-7-2-1-3-8-20/h1-14,25H,15-16H2,(H,26,27)/b24-14-. The Morgan fingerprint density at radius 3 is 2.39 bits per heavy atom. The van der Waals surface area contributed by atoms with Gasteiger partial charge in [-0.15, -0.1) is 0 Å². The molecule has 0 heterocycles. The van der Waals surface area contributed by atoms with Crippen LogP contribution >= 0.6 is 15.9 Å². The number of para-hydroxylation sites is 1. The molecular formula is C22H20BrN3O4S. The monoisotopic (exact) mass is 501 g/mol. The van der Waals surface area contributed by atoms with Crippen LogP contribution in [0.4, 0.5) is 0 Å². The highest BCUT2D eigenvalue weighted by Crippen LogP contribution is 2.18. The fourth-order valence-electron chi connectivity index (χ4n) is 2.52. The molecule has 0 aliphatic carbocycles. The van der Waals surface area contributed by atoms with Crippen LogP contribution in [0.25, 0.3) is 0 Å². The highest BCUT2D eigenvalue weighted by molar-refractivity contribution is 9.10. The van der Waals surface area contributed by atoms with Gasteiger partial charge in [0.1, 0.15) is 12.4 Å². The van der Waals surface area contributed by atoms with Gasteiger partial charge in [0, 0.05) is 10.0 Å². The summed E-state index contributed by atoms with van der Waals surface area (Å²) in [6.45, 7) is -0.0535. The number of carbonyl (C=O) groups excluding carboxylic acids is 1. The minimum absolute atomic E-state index is 0.0863. The summed E-state index contributed by atoms with van der Waals surface area (Å²) < 4.78 is 33.3. The zero-order valence-corrected chi connectivity index (χ0v) is 18.8. The Hall–Kier alpha value is -3.01. The molecule has 3 aromatic carbocycles. The molecule has 0 spiro atoms. The van der Waals surface area contributed by atoms with Gasteiger partial charge < -0.3 is 4.74 Å². The lowest BCUT2D eigenvalue weighted by Crippen LogP contribution is -2.34. The van der Waals surface area contributed by atoms with Crippen molar-refractivity contribution in [2.45, 2.75) is 11.5 Å². The SMILES string of the molecule is O=C(CNS(=O)(=O)c1ccccc1)N/N=C\c1ccccc1OCc1ccc(Br)cc1. The summed E-state index contributed by atoms with van der Waals surface area (Å²) in [6.07, 6.45) is 1.44. The molecule has 0 fully saturated rings. The fraction of sp³-hybridized carbons (Fsp3) is 0.0909. The van der Waals surface area contributed by atoms with Crippen LogP contribution in [0.1, 0.15) is 11.1 Å². The first-order chi connectivity index (χ1) is 14.9. The summed E-state index contributed by atoms with van der Waals surface area (Å²) in [5.41, 5.74) is 3.98. The summed E-state index contributed by atoms with van der Waals surface area (Å²) in [5.74, 6) is 0.0113. The predicted molar refractivity (Wildman–Crippen MR) is 122 cm³/mol. The lowest BCUT2D eigenvalue weighted by molar-refractivity contribution is -0.119. The number of sulfonamides is 1. The molecule has 0 bridgehead atoms. The zero-order valence-electron chi connectivity index (χ0n) is 16.4. The average molecular weight is 502 g/mol. The van der Waals surface area contributed by atoms with E-state index in [1.807, 2.05) is 36.4 Å². The van der Waals surface area contributed by atoms with Crippen molar-refractivity contribution in [1.82, 2.24) is 10.1 Å². The summed E-state index contributed by atoms with van der Waals surface area (Å²) in [5, 5.41) is 3.90. The Morgan fingerprint density at radius 2 is 1.65 bits per heavy atom. The van der Waals surface area contributed by atoms with Crippen LogP contribution in [0.3, 0.4) is 0 Å². The molecule has 2 N–H and O–H groups in total. The van der Waals surface area contributed by atoms with Crippen LogP contribution in [-0.2, 0) is 21.4 Å². The molecule has 1 amide bonds. The molecule has 3 aromatic rings. The third-order valence-corrected chi connectivity index (χ3v) is 6.04. The summed E-state index contributed by atoms with van der Waals surface area (Å²) in [4.78, 5) is 12.0. The predicted octanol–water partition coefficient (Wildman–Crippen LogP) is 3.46. The number of hydrazone groups is 1. The number of carbonyl (C=O) groups is 1. The van der Waals surface area contributed by atoms with Gasteiger partial charge in [-0.05, 0) is 42.0 Å². The highest BCUT2D eigenvalue weighted by Gasteiger charge is 2.14. The third kappa shape index (κ3) is 7.02. The quantitative estimate of drug-likeness (QED) is 0.346. The number of benzene rings is 3. The number of halogens is 1. The molecule has 0 radical (unpaired) electrons. The maximum Gasteiger partial charge on any atom is 0.255 e. The topological polar surface area (TPSA) is 96.9 Å². The molecule has 7 nitrogen and oxygen atoms in total. The van der Waals surface area contributed by atoms with Gasteiger partial charge in [-0.25, -0.2) is 18.6 Å². The molecule has 31 heavy (non-hydrogen) atoms. The van der Waals surface area contributed by atoms with Crippen molar-refractivity contribution in [3.05, 3.63) is 94.5 Å². The Balaban J connectivity index is 1.53. The molecule has 0 aromatic heterocycles. The molecule has 0 saturated carbocycles. The minimum Gasteiger partial charge on any atom is -0.488 e. The van der Waals surface area contributed by atoms with Gasteiger partial charge >= 0.3 is 0 Å². The first-order valence-corrected chi connectivity index (χ1v) is 11.5. The molecule has 0 saturated heterocycles. The van der Waals surface area contributed by atoms with E-state index in [1.54, 1.807) is 30.3 Å². The molecule has 0 aliphatic heterocycles. The summed E-state index contributed by atoms with van der Waals surface area (Å²) in [6, 6.07) is 22.9. The number of ether oxygens (including phenoxy) is 1. The van der Waals surface area contributed by atoms with E-state index in [2.05, 4.69) is 31.2 Å². The summed E-state index contributed by atoms with van der Waals surface area (Å²) in [7, 11) is -3.76. The Morgan fingerprint density at radius 1 is 0.968 bits per heavy atom. The maximum atomic E-state index is 12.1. The van der Waals surface area contributed by atoms with Crippen molar-refractivity contribution in [1.29, 1.82) is 0 Å². The largest absolute Gasteiger partial charge is 0.488 e. The van der Waals surface area contributed by atoms with E-state index in [0.29, 0.717) is 17.9 Å². The van der Waals surface area contributed by atoms with Crippen LogP contribution in [-0.4, -0.2) is 27.1 Å². The first-order valence-electron chi connectivity index (χ1n) is 9.27. The van der Waals surface area contributed by atoms with Gasteiger partial charge in [-0.3, -0.25) is 4.79 Å². The smallest absolute Gasteiger partial charge is 0.255 e. The second-order valence-corrected chi connectivity index (χ2v) is 9.07. The van der Waals surface area contributed by atoms with E-state index in [1.165, 1.54) is 18.3 Å². The van der Waals surface area contributed by atoms with Crippen molar-refractivity contribution in [2.75, 3.05) is 6.54 Å². The van der Waals surface area contributed by atoms with Crippen molar-refractivity contribution in [3.8, 4) is 5.75 Å². The Bertz CT molecular complexity index is 1150. The zero-order chi connectivity index (χ0) is 22.1. The number of hydrogen-bond acceptors (Lipinski definition) is 5. The summed E-state index contributed by atoms with van der Waals surface area (Å²) >= 11 is 3.40. The van der Waals surface area contributed by atoms with Crippen LogP contribution in [0, 0.1) is 0 Å². The van der Waals surface area contributed by atoms with Crippen molar-refractivity contribution < 1.29 is 17.9 Å². The van der Waals surface area contributed by atoms with E-state index < -0.39 is 22.5 Å². The lowest BCUT2D eigenvalue weighted by Gasteiger charge is -2.09. The van der Waals surface area contributed by atoms with E-state index in [9.17, 15) is 13.2 Å². The second-order valence-electron chi connectivity index (χ2n) is 6.38. The number of nitrogens with zero attached hydrogens (tertiary/aromatic N) is 1. The molecule has 0 atom stereocenters. The molecule has 9 heteroatoms. The van der Waals surface area contributed by atoms with Gasteiger partial charge in [0.05, 0.1) is 17.7 Å². The van der Waals surface area contributed by atoms with Crippen molar-refractivity contribution >= 4 is 38.1 Å².